The van der Waals surface area contributed by atoms with Gasteiger partial charge in [-0.15, -0.1) is 5.06 Å². The van der Waals surface area contributed by atoms with E-state index in [0.717, 1.165) is 8.05 Å². The van der Waals surface area contributed by atoms with Crippen LogP contribution in [0.25, 0.3) is 0 Å². The first kappa shape index (κ1) is 15.8. The topological polar surface area (TPSA) is 99.2 Å². The van der Waals surface area contributed by atoms with Crippen LogP contribution in [0.15, 0.2) is 24.3 Å². The first-order chi connectivity index (χ1) is 10.6. The van der Waals surface area contributed by atoms with Gasteiger partial charge in [-0.1, -0.05) is 12.1 Å². The number of rotatable bonds is 7. The van der Waals surface area contributed by atoms with E-state index in [2.05, 4.69) is 9.31 Å². The van der Waals surface area contributed by atoms with Crippen molar-refractivity contribution in [3.05, 3.63) is 35.4 Å². The lowest BCUT2D eigenvalue weighted by atomic mass is 9.91. The molecule has 0 unspecified atom stereocenters. The molecule has 2 amide bonds. The molecule has 0 radical (unpaired) electrons. The summed E-state index contributed by atoms with van der Waals surface area (Å²) in [5.74, 6) is -2.11. The summed E-state index contributed by atoms with van der Waals surface area (Å²) < 4.78 is 9.03. The SMILES string of the molecule is BOC(=O)[C@@H](CBOC=O)ON1C(=O)c2ccccc2C1=O. The molecular weight excluding hydrogens is 292 g/mol. The van der Waals surface area contributed by atoms with Crippen molar-refractivity contribution >= 4 is 39.8 Å². The van der Waals surface area contributed by atoms with E-state index in [-0.39, 0.29) is 31.4 Å². The Balaban J connectivity index is 2.13. The number of benzene rings is 1. The lowest BCUT2D eigenvalue weighted by Crippen LogP contribution is -2.39. The summed E-state index contributed by atoms with van der Waals surface area (Å²) in [6.07, 6.45) is -1.30. The highest BCUT2D eigenvalue weighted by molar-refractivity contribution is 6.30. The second kappa shape index (κ2) is 6.90. The molecule has 10 heteroatoms. The van der Waals surface area contributed by atoms with Gasteiger partial charge in [-0.2, -0.15) is 0 Å². The molecule has 1 aliphatic heterocycles. The van der Waals surface area contributed by atoms with Crippen LogP contribution in [0, 0.1) is 0 Å². The summed E-state index contributed by atoms with van der Waals surface area (Å²) in [7, 11) is 1.02. The van der Waals surface area contributed by atoms with Crippen molar-refractivity contribution in [2.45, 2.75) is 12.4 Å². The van der Waals surface area contributed by atoms with Crippen molar-refractivity contribution in [3.8, 4) is 0 Å². The minimum atomic E-state index is -1.24. The molecule has 0 fully saturated rings. The monoisotopic (exact) mass is 303 g/mol. The predicted octanol–water partition coefficient (Wildman–Crippen LogP) is -1.38. The van der Waals surface area contributed by atoms with Crippen molar-refractivity contribution in [3.63, 3.8) is 0 Å². The molecular formula is C12H11B2NO7. The maximum atomic E-state index is 12.1. The lowest BCUT2D eigenvalue weighted by Gasteiger charge is -2.20. The molecule has 1 aliphatic rings. The Morgan fingerprint density at radius 1 is 1.27 bits per heavy atom. The molecule has 0 N–H and O–H groups in total. The number of hydroxylamine groups is 2. The number of nitrogens with zero attached hydrogens (tertiary/aromatic N) is 1. The molecule has 1 aromatic carbocycles. The van der Waals surface area contributed by atoms with Crippen molar-refractivity contribution in [1.82, 2.24) is 5.06 Å². The molecule has 2 rings (SSSR count). The minimum Gasteiger partial charge on any atom is -0.542 e. The first-order valence-electron chi connectivity index (χ1n) is 6.37. The van der Waals surface area contributed by atoms with Crippen molar-refractivity contribution in [1.29, 1.82) is 0 Å². The molecule has 112 valence electrons. The van der Waals surface area contributed by atoms with Crippen LogP contribution in [0.3, 0.4) is 0 Å². The first-order valence-corrected chi connectivity index (χ1v) is 6.37. The standard InChI is InChI=1S/C12H11B2NO7/c13-21-12(19)9(5-14-20-6-16)22-15-10(17)7-3-1-2-4-8(7)11(15)18/h1-4,6,9,14H,5,13H2/t9-/m1/s1. The van der Waals surface area contributed by atoms with Crippen LogP contribution in [0.2, 0.25) is 6.32 Å². The molecule has 0 bridgehead atoms. The summed E-state index contributed by atoms with van der Waals surface area (Å²) in [6, 6.07) is 6.20. The molecule has 0 saturated carbocycles. The van der Waals surface area contributed by atoms with E-state index in [1.54, 1.807) is 12.1 Å². The Labute approximate surface area is 127 Å². The molecule has 1 aromatic rings. The zero-order chi connectivity index (χ0) is 16.1. The number of carbonyl (C=O) groups is 4. The van der Waals surface area contributed by atoms with Crippen LogP contribution < -0.4 is 0 Å². The molecule has 0 saturated heterocycles. The van der Waals surface area contributed by atoms with Crippen LogP contribution in [-0.2, 0) is 23.7 Å². The Morgan fingerprint density at radius 3 is 2.36 bits per heavy atom. The van der Waals surface area contributed by atoms with Crippen LogP contribution in [0.5, 0.6) is 0 Å². The van der Waals surface area contributed by atoms with Gasteiger partial charge in [0, 0.05) is 6.32 Å². The van der Waals surface area contributed by atoms with Gasteiger partial charge in [0.1, 0.15) is 0 Å². The summed E-state index contributed by atoms with van der Waals surface area (Å²) >= 11 is 0. The number of amides is 2. The van der Waals surface area contributed by atoms with E-state index in [9.17, 15) is 19.2 Å². The normalized spacial score (nSPS) is 14.3. The quantitative estimate of drug-likeness (QED) is 0.265. The molecule has 0 spiro atoms. The second-order valence-corrected chi connectivity index (χ2v) is 4.32. The van der Waals surface area contributed by atoms with Gasteiger partial charge in [0.25, 0.3) is 18.3 Å². The highest BCUT2D eigenvalue weighted by Crippen LogP contribution is 2.24. The maximum Gasteiger partial charge on any atom is 0.346 e. The number of imide groups is 1. The highest BCUT2D eigenvalue weighted by atomic mass is 16.7. The van der Waals surface area contributed by atoms with E-state index in [0.29, 0.717) is 5.06 Å². The summed E-state index contributed by atoms with van der Waals surface area (Å²) in [4.78, 5) is 51.2. The number of carbonyl (C=O) groups excluding carboxylic acids is 4. The number of hydrogen-bond donors (Lipinski definition) is 0. The number of fused-ring (bicyclic) bond motifs is 1. The third kappa shape index (κ3) is 3.01. The number of hydrogen-bond acceptors (Lipinski definition) is 7. The van der Waals surface area contributed by atoms with E-state index in [4.69, 9.17) is 4.84 Å². The third-order valence-electron chi connectivity index (χ3n) is 3.02. The summed E-state index contributed by atoms with van der Waals surface area (Å²) in [5, 5.41) is 0.521. The van der Waals surface area contributed by atoms with Gasteiger partial charge in [-0.25, -0.2) is 4.84 Å². The lowest BCUT2D eigenvalue weighted by molar-refractivity contribution is -0.168. The molecule has 1 atom stereocenters. The van der Waals surface area contributed by atoms with Gasteiger partial charge in [-0.05, 0) is 12.1 Å². The largest absolute Gasteiger partial charge is 0.542 e. The van der Waals surface area contributed by atoms with Gasteiger partial charge in [0.2, 0.25) is 0 Å². The van der Waals surface area contributed by atoms with Gasteiger partial charge in [0.05, 0.1) is 11.1 Å². The fourth-order valence-corrected chi connectivity index (χ4v) is 1.96. The molecule has 1 heterocycles. The predicted molar refractivity (Wildman–Crippen MR) is 75.6 cm³/mol. The van der Waals surface area contributed by atoms with Gasteiger partial charge < -0.3 is 9.31 Å². The maximum absolute atomic E-state index is 12.1. The molecule has 0 aromatic heterocycles. The summed E-state index contributed by atoms with van der Waals surface area (Å²) in [6.45, 7) is 0.219. The van der Waals surface area contributed by atoms with Gasteiger partial charge in [-0.3, -0.25) is 19.2 Å². The average molecular weight is 303 g/mol. The Kier molecular flexibility index (Phi) is 4.95. The fourth-order valence-electron chi connectivity index (χ4n) is 1.96. The van der Waals surface area contributed by atoms with Gasteiger partial charge in [0.15, 0.2) is 6.10 Å². The van der Waals surface area contributed by atoms with Crippen LogP contribution in [0.1, 0.15) is 20.7 Å². The minimum absolute atomic E-state index is 0.0567. The zero-order valence-corrected chi connectivity index (χ0v) is 11.7. The Hall–Kier alpha value is -2.61. The van der Waals surface area contributed by atoms with E-state index in [1.807, 2.05) is 0 Å². The second-order valence-electron chi connectivity index (χ2n) is 4.32. The van der Waals surface area contributed by atoms with Crippen molar-refractivity contribution < 1.29 is 33.3 Å². The van der Waals surface area contributed by atoms with Crippen LogP contribution in [0.4, 0.5) is 0 Å². The average Bonchev–Trinajstić information content (AvgIpc) is 2.78. The van der Waals surface area contributed by atoms with Crippen LogP contribution in [-0.4, -0.2) is 51.0 Å². The smallest absolute Gasteiger partial charge is 0.346 e. The van der Waals surface area contributed by atoms with E-state index >= 15 is 0 Å². The molecule has 22 heavy (non-hydrogen) atoms. The van der Waals surface area contributed by atoms with Crippen LogP contribution >= 0.6 is 0 Å². The third-order valence-corrected chi connectivity index (χ3v) is 3.02. The summed E-state index contributed by atoms with van der Waals surface area (Å²) in [5.41, 5.74) is 0.389. The highest BCUT2D eigenvalue weighted by Gasteiger charge is 2.39. The molecule has 0 aliphatic carbocycles. The zero-order valence-electron chi connectivity index (χ0n) is 11.7. The Morgan fingerprint density at radius 2 is 1.86 bits per heavy atom. The van der Waals surface area contributed by atoms with Crippen molar-refractivity contribution in [2.24, 2.45) is 0 Å². The van der Waals surface area contributed by atoms with Gasteiger partial charge >= 0.3 is 21.5 Å². The molecule has 8 nitrogen and oxygen atoms in total. The Bertz CT molecular complexity index is 586. The fraction of sp³-hybridized carbons (Fsp3) is 0.167. The van der Waals surface area contributed by atoms with Crippen molar-refractivity contribution in [2.75, 3.05) is 0 Å². The van der Waals surface area contributed by atoms with E-state index < -0.39 is 23.9 Å². The van der Waals surface area contributed by atoms with E-state index in [1.165, 1.54) is 12.1 Å².